The van der Waals surface area contributed by atoms with Gasteiger partial charge in [0, 0.05) is 23.5 Å². The molecule has 1 aromatic heterocycles. The van der Waals surface area contributed by atoms with E-state index in [1.54, 1.807) is 19.2 Å². The molecule has 1 heterocycles. The van der Waals surface area contributed by atoms with Crippen LogP contribution in [0.5, 0.6) is 5.75 Å². The van der Waals surface area contributed by atoms with Crippen molar-refractivity contribution in [2.45, 2.75) is 19.4 Å². The summed E-state index contributed by atoms with van der Waals surface area (Å²) in [7, 11) is 1.23. The number of methoxy groups -OCH3 is 1. The smallest absolute Gasteiger partial charge is 0.342 e. The third-order valence-corrected chi connectivity index (χ3v) is 4.63. The molecular weight excluding hydrogens is 388 g/mol. The monoisotopic (exact) mass is 410 g/mol. The normalized spacial score (nSPS) is 11.7. The summed E-state index contributed by atoms with van der Waals surface area (Å²) in [6.45, 7) is 1.16. The second-order valence-corrected chi connectivity index (χ2v) is 6.80. The molecule has 8 heteroatoms. The molecule has 0 aliphatic rings. The summed E-state index contributed by atoms with van der Waals surface area (Å²) in [5.74, 6) is -2.34. The van der Waals surface area contributed by atoms with Crippen LogP contribution in [0, 0.1) is 6.92 Å². The number of H-pyrrole nitrogens is 1. The molecule has 30 heavy (non-hydrogen) atoms. The second kappa shape index (κ2) is 9.13. The fraction of sp³-hybridized carbons (Fsp3) is 0.227. The molecule has 3 rings (SSSR count). The minimum absolute atomic E-state index is 0.0447. The Labute approximate surface area is 172 Å². The van der Waals surface area contributed by atoms with Crippen molar-refractivity contribution >= 4 is 28.7 Å². The standard InChI is InChI=1S/C22H22N2O6/c1-13-7-8-16(19(25)9-13)21(27)30-12-20(26)24-18(22(28)29-2)10-14-11-23-17-6-4-3-5-15(14)17/h3-9,11,18,23,25H,10,12H2,1-2H3,(H,24,26)/t18-/m0/s1. The minimum Gasteiger partial charge on any atom is -0.507 e. The van der Waals surface area contributed by atoms with Crippen molar-refractivity contribution in [3.8, 4) is 5.75 Å². The molecule has 0 aliphatic carbocycles. The summed E-state index contributed by atoms with van der Waals surface area (Å²) >= 11 is 0. The number of ether oxygens (including phenoxy) is 2. The Morgan fingerprint density at radius 3 is 2.67 bits per heavy atom. The van der Waals surface area contributed by atoms with E-state index in [1.165, 1.54) is 19.2 Å². The lowest BCUT2D eigenvalue weighted by Crippen LogP contribution is -2.44. The first-order chi connectivity index (χ1) is 14.4. The van der Waals surface area contributed by atoms with Gasteiger partial charge in [-0.15, -0.1) is 0 Å². The van der Waals surface area contributed by atoms with Gasteiger partial charge in [0.05, 0.1) is 7.11 Å². The Hall–Kier alpha value is -3.81. The number of carbonyl (C=O) groups excluding carboxylic acids is 3. The number of aryl methyl sites for hydroxylation is 1. The van der Waals surface area contributed by atoms with E-state index in [0.29, 0.717) is 0 Å². The molecule has 1 atom stereocenters. The summed E-state index contributed by atoms with van der Waals surface area (Å²) < 4.78 is 9.75. The number of aromatic hydroxyl groups is 1. The average Bonchev–Trinajstić information content (AvgIpc) is 3.14. The third-order valence-electron chi connectivity index (χ3n) is 4.63. The summed E-state index contributed by atoms with van der Waals surface area (Å²) in [6, 6.07) is 11.1. The van der Waals surface area contributed by atoms with Crippen LogP contribution in [0.4, 0.5) is 0 Å². The van der Waals surface area contributed by atoms with Crippen LogP contribution in [0.15, 0.2) is 48.7 Å². The number of carbonyl (C=O) groups is 3. The highest BCUT2D eigenvalue weighted by Crippen LogP contribution is 2.20. The van der Waals surface area contributed by atoms with E-state index in [0.717, 1.165) is 22.0 Å². The summed E-state index contributed by atoms with van der Waals surface area (Å²) in [5.41, 5.74) is 2.48. The van der Waals surface area contributed by atoms with E-state index in [9.17, 15) is 19.5 Å². The van der Waals surface area contributed by atoms with Crippen molar-refractivity contribution in [2.24, 2.45) is 0 Å². The Morgan fingerprint density at radius 2 is 1.93 bits per heavy atom. The minimum atomic E-state index is -0.951. The number of amides is 1. The molecule has 0 unspecified atom stereocenters. The molecule has 3 aromatic rings. The fourth-order valence-corrected chi connectivity index (χ4v) is 3.12. The van der Waals surface area contributed by atoms with Gasteiger partial charge in [0.2, 0.25) is 0 Å². The highest BCUT2D eigenvalue weighted by molar-refractivity contribution is 5.94. The molecule has 2 aromatic carbocycles. The van der Waals surface area contributed by atoms with Crippen LogP contribution in [-0.4, -0.2) is 47.7 Å². The number of rotatable bonds is 7. The molecule has 0 bridgehead atoms. The Kier molecular flexibility index (Phi) is 6.36. The van der Waals surface area contributed by atoms with Gasteiger partial charge in [-0.1, -0.05) is 24.3 Å². The number of phenols is 1. The first-order valence-electron chi connectivity index (χ1n) is 9.28. The number of aromatic amines is 1. The maximum absolute atomic E-state index is 12.3. The lowest BCUT2D eigenvalue weighted by molar-refractivity contribution is -0.145. The van der Waals surface area contributed by atoms with E-state index >= 15 is 0 Å². The van der Waals surface area contributed by atoms with Gasteiger partial charge >= 0.3 is 11.9 Å². The number of para-hydroxylation sites is 1. The molecule has 8 nitrogen and oxygen atoms in total. The zero-order valence-electron chi connectivity index (χ0n) is 16.6. The molecule has 1 amide bonds. The van der Waals surface area contributed by atoms with Crippen molar-refractivity contribution < 1.29 is 29.0 Å². The van der Waals surface area contributed by atoms with E-state index in [1.807, 2.05) is 24.3 Å². The van der Waals surface area contributed by atoms with Crippen LogP contribution in [0.1, 0.15) is 21.5 Å². The van der Waals surface area contributed by atoms with Crippen LogP contribution < -0.4 is 5.32 Å². The number of hydrogen-bond donors (Lipinski definition) is 3. The molecular formula is C22H22N2O6. The number of esters is 2. The Balaban J connectivity index is 1.64. The maximum atomic E-state index is 12.3. The first kappa shape index (κ1) is 20.9. The van der Waals surface area contributed by atoms with Crippen molar-refractivity contribution in [3.05, 3.63) is 65.4 Å². The van der Waals surface area contributed by atoms with Crippen molar-refractivity contribution in [1.82, 2.24) is 10.3 Å². The lowest BCUT2D eigenvalue weighted by Gasteiger charge is -2.16. The quantitative estimate of drug-likeness (QED) is 0.514. The predicted molar refractivity (Wildman–Crippen MR) is 109 cm³/mol. The fourth-order valence-electron chi connectivity index (χ4n) is 3.12. The van der Waals surface area contributed by atoms with Crippen LogP contribution in [0.3, 0.4) is 0 Å². The van der Waals surface area contributed by atoms with Crippen LogP contribution in [-0.2, 0) is 25.5 Å². The van der Waals surface area contributed by atoms with Crippen molar-refractivity contribution in [2.75, 3.05) is 13.7 Å². The molecule has 0 saturated carbocycles. The first-order valence-corrected chi connectivity index (χ1v) is 9.28. The molecule has 0 radical (unpaired) electrons. The average molecular weight is 410 g/mol. The highest BCUT2D eigenvalue weighted by atomic mass is 16.5. The number of phenolic OH excluding ortho intramolecular Hbond substituents is 1. The number of benzene rings is 2. The number of hydrogen-bond acceptors (Lipinski definition) is 6. The van der Waals surface area contributed by atoms with Gasteiger partial charge in [0.1, 0.15) is 17.4 Å². The molecule has 0 fully saturated rings. The lowest BCUT2D eigenvalue weighted by atomic mass is 10.0. The SMILES string of the molecule is COC(=O)[C@H](Cc1c[nH]c2ccccc12)NC(=O)COC(=O)c1ccc(C)cc1O. The Morgan fingerprint density at radius 1 is 1.17 bits per heavy atom. The van der Waals surface area contributed by atoms with Crippen LogP contribution in [0.25, 0.3) is 10.9 Å². The summed E-state index contributed by atoms with van der Waals surface area (Å²) in [4.78, 5) is 39.6. The molecule has 156 valence electrons. The van der Waals surface area contributed by atoms with Gasteiger partial charge in [-0.2, -0.15) is 0 Å². The molecule has 0 aliphatic heterocycles. The number of aromatic nitrogens is 1. The predicted octanol–water partition coefficient (Wildman–Crippen LogP) is 2.24. The maximum Gasteiger partial charge on any atom is 0.342 e. The summed E-state index contributed by atoms with van der Waals surface area (Å²) in [5, 5.41) is 13.3. The topological polar surface area (TPSA) is 118 Å². The molecule has 0 saturated heterocycles. The third kappa shape index (κ3) is 4.78. The van der Waals surface area contributed by atoms with E-state index in [4.69, 9.17) is 9.47 Å². The summed E-state index contributed by atoms with van der Waals surface area (Å²) in [6.07, 6.45) is 1.97. The van der Waals surface area contributed by atoms with Gasteiger partial charge in [-0.3, -0.25) is 4.79 Å². The van der Waals surface area contributed by atoms with Gasteiger partial charge in [0.25, 0.3) is 5.91 Å². The van der Waals surface area contributed by atoms with E-state index in [-0.39, 0.29) is 17.7 Å². The van der Waals surface area contributed by atoms with Crippen LogP contribution in [0.2, 0.25) is 0 Å². The van der Waals surface area contributed by atoms with Crippen molar-refractivity contribution in [3.63, 3.8) is 0 Å². The zero-order chi connectivity index (χ0) is 21.7. The Bertz CT molecular complexity index is 1090. The largest absolute Gasteiger partial charge is 0.507 e. The van der Waals surface area contributed by atoms with Crippen molar-refractivity contribution in [1.29, 1.82) is 0 Å². The molecule has 3 N–H and O–H groups in total. The van der Waals surface area contributed by atoms with Gasteiger partial charge < -0.3 is 24.9 Å². The van der Waals surface area contributed by atoms with Gasteiger partial charge in [0.15, 0.2) is 6.61 Å². The van der Waals surface area contributed by atoms with Gasteiger partial charge in [-0.25, -0.2) is 9.59 Å². The second-order valence-electron chi connectivity index (χ2n) is 6.80. The number of fused-ring (bicyclic) bond motifs is 1. The highest BCUT2D eigenvalue weighted by Gasteiger charge is 2.24. The van der Waals surface area contributed by atoms with E-state index < -0.39 is 30.5 Å². The number of nitrogens with one attached hydrogen (secondary N) is 2. The van der Waals surface area contributed by atoms with Gasteiger partial charge in [-0.05, 0) is 36.2 Å². The van der Waals surface area contributed by atoms with Crippen LogP contribution >= 0.6 is 0 Å². The van der Waals surface area contributed by atoms with E-state index in [2.05, 4.69) is 10.3 Å². The zero-order valence-corrected chi connectivity index (χ0v) is 16.6. The molecule has 0 spiro atoms.